The highest BCUT2D eigenvalue weighted by Gasteiger charge is 2.15. The Bertz CT molecular complexity index is 451. The second-order valence-corrected chi connectivity index (χ2v) is 5.84. The number of benzene rings is 1. The average Bonchev–Trinajstić information content (AvgIpc) is 2.16. The van der Waals surface area contributed by atoms with Gasteiger partial charge in [-0.25, -0.2) is 13.6 Å². The fourth-order valence-corrected chi connectivity index (χ4v) is 1.69. The van der Waals surface area contributed by atoms with E-state index in [1.165, 1.54) is 12.1 Å². The van der Waals surface area contributed by atoms with Crippen molar-refractivity contribution in [3.8, 4) is 0 Å². The summed E-state index contributed by atoms with van der Waals surface area (Å²) in [5.74, 6) is 0. The van der Waals surface area contributed by atoms with E-state index < -0.39 is 10.0 Å². The van der Waals surface area contributed by atoms with Crippen molar-refractivity contribution in [2.45, 2.75) is 24.3 Å². The molecule has 0 aliphatic rings. The predicted octanol–water partition coefficient (Wildman–Crippen LogP) is 0.483. The van der Waals surface area contributed by atoms with Gasteiger partial charge in [0.05, 0.1) is 4.90 Å². The third-order valence-electron chi connectivity index (χ3n) is 2.18. The van der Waals surface area contributed by atoms with Gasteiger partial charge >= 0.3 is 0 Å². The molecule has 0 fully saturated rings. The number of nitrogens with two attached hydrogens (primary N) is 2. The molecule has 0 aromatic heterocycles. The van der Waals surface area contributed by atoms with Gasteiger partial charge in [-0.15, -0.1) is 0 Å². The van der Waals surface area contributed by atoms with Gasteiger partial charge in [-0.05, 0) is 38.1 Å². The first-order valence-corrected chi connectivity index (χ1v) is 6.40. The largest absolute Gasteiger partial charge is 0.379 e. The Balaban J connectivity index is 2.89. The second-order valence-electron chi connectivity index (χ2n) is 4.28. The van der Waals surface area contributed by atoms with Gasteiger partial charge in [-0.3, -0.25) is 0 Å². The van der Waals surface area contributed by atoms with Crippen molar-refractivity contribution in [3.63, 3.8) is 0 Å². The molecule has 16 heavy (non-hydrogen) atoms. The number of primary sulfonamides is 1. The van der Waals surface area contributed by atoms with E-state index in [1.807, 2.05) is 13.8 Å². The zero-order chi connectivity index (χ0) is 12.4. The number of nitrogens with one attached hydrogen (secondary N) is 1. The van der Waals surface area contributed by atoms with Crippen molar-refractivity contribution in [3.05, 3.63) is 24.3 Å². The van der Waals surface area contributed by atoms with Gasteiger partial charge in [0, 0.05) is 17.8 Å². The highest BCUT2D eigenvalue weighted by molar-refractivity contribution is 7.89. The number of rotatable bonds is 4. The normalized spacial score (nSPS) is 12.5. The molecule has 0 amide bonds. The molecule has 0 saturated heterocycles. The summed E-state index contributed by atoms with van der Waals surface area (Å²) in [6.45, 7) is 4.39. The first-order valence-electron chi connectivity index (χ1n) is 4.86. The van der Waals surface area contributed by atoms with Crippen LogP contribution in [0.4, 0.5) is 5.69 Å². The third-order valence-corrected chi connectivity index (χ3v) is 3.11. The molecule has 5 N–H and O–H groups in total. The van der Waals surface area contributed by atoms with Crippen molar-refractivity contribution in [2.24, 2.45) is 10.9 Å². The Labute approximate surface area is 95.9 Å². The Kier molecular flexibility index (Phi) is 3.57. The van der Waals surface area contributed by atoms with Crippen LogP contribution in [0.1, 0.15) is 13.8 Å². The quantitative estimate of drug-likeness (QED) is 0.716. The van der Waals surface area contributed by atoms with Gasteiger partial charge in [0.2, 0.25) is 10.0 Å². The molecule has 5 nitrogen and oxygen atoms in total. The van der Waals surface area contributed by atoms with Crippen LogP contribution in [0.2, 0.25) is 0 Å². The SMILES string of the molecule is CC(C)(CN)Nc1ccc(S(N)(=O)=O)cc1. The second kappa shape index (κ2) is 4.40. The molecule has 0 aliphatic heterocycles. The molecular formula is C10H17N3O2S. The molecule has 0 unspecified atom stereocenters. The van der Waals surface area contributed by atoms with E-state index >= 15 is 0 Å². The third kappa shape index (κ3) is 3.48. The number of hydrogen-bond acceptors (Lipinski definition) is 4. The molecule has 0 saturated carbocycles. The molecule has 1 aromatic carbocycles. The molecule has 0 radical (unpaired) electrons. The molecule has 6 heteroatoms. The lowest BCUT2D eigenvalue weighted by Gasteiger charge is -2.25. The van der Waals surface area contributed by atoms with Gasteiger partial charge in [-0.2, -0.15) is 0 Å². The zero-order valence-corrected chi connectivity index (χ0v) is 10.2. The minimum absolute atomic E-state index is 0.101. The summed E-state index contributed by atoms with van der Waals surface area (Å²) in [6, 6.07) is 6.25. The van der Waals surface area contributed by atoms with Gasteiger partial charge in [0.1, 0.15) is 0 Å². The standard InChI is InChI=1S/C10H17N3O2S/c1-10(2,7-11)13-8-3-5-9(6-4-8)16(12,14)15/h3-6,13H,7,11H2,1-2H3,(H2,12,14,15). The lowest BCUT2D eigenvalue weighted by Crippen LogP contribution is -2.39. The van der Waals surface area contributed by atoms with Crippen molar-refractivity contribution in [2.75, 3.05) is 11.9 Å². The molecule has 0 bridgehead atoms. The first kappa shape index (κ1) is 13.0. The van der Waals surface area contributed by atoms with E-state index in [9.17, 15) is 8.42 Å². The maximum atomic E-state index is 11.0. The summed E-state index contributed by atoms with van der Waals surface area (Å²) in [5, 5.41) is 8.18. The van der Waals surface area contributed by atoms with Gasteiger partial charge in [0.15, 0.2) is 0 Å². The molecule has 90 valence electrons. The fraction of sp³-hybridized carbons (Fsp3) is 0.400. The van der Waals surface area contributed by atoms with Crippen molar-refractivity contribution in [1.82, 2.24) is 0 Å². The van der Waals surface area contributed by atoms with E-state index in [1.54, 1.807) is 12.1 Å². The van der Waals surface area contributed by atoms with Gasteiger partial charge in [0.25, 0.3) is 0 Å². The Morgan fingerprint density at radius 1 is 1.25 bits per heavy atom. The van der Waals surface area contributed by atoms with E-state index in [4.69, 9.17) is 10.9 Å². The van der Waals surface area contributed by atoms with Crippen molar-refractivity contribution < 1.29 is 8.42 Å². The summed E-state index contributed by atoms with van der Waals surface area (Å²) in [5.41, 5.74) is 6.15. The molecule has 0 aliphatic carbocycles. The van der Waals surface area contributed by atoms with Gasteiger partial charge < -0.3 is 11.1 Å². The molecule has 1 aromatic rings. The van der Waals surface area contributed by atoms with E-state index in [2.05, 4.69) is 5.32 Å². The Morgan fingerprint density at radius 3 is 2.12 bits per heavy atom. The summed E-state index contributed by atoms with van der Waals surface area (Å²) in [4.78, 5) is 0.101. The lowest BCUT2D eigenvalue weighted by molar-refractivity contribution is 0.580. The van der Waals surface area contributed by atoms with E-state index in [0.717, 1.165) is 5.69 Å². The van der Waals surface area contributed by atoms with Crippen LogP contribution in [-0.2, 0) is 10.0 Å². The lowest BCUT2D eigenvalue weighted by atomic mass is 10.1. The Morgan fingerprint density at radius 2 is 1.75 bits per heavy atom. The summed E-state index contributed by atoms with van der Waals surface area (Å²) in [7, 11) is -3.62. The molecule has 0 heterocycles. The Hall–Kier alpha value is -1.11. The summed E-state index contributed by atoms with van der Waals surface area (Å²) < 4.78 is 22.0. The highest BCUT2D eigenvalue weighted by atomic mass is 32.2. The van der Waals surface area contributed by atoms with Crippen LogP contribution in [-0.4, -0.2) is 20.5 Å². The minimum atomic E-state index is -3.62. The fourth-order valence-electron chi connectivity index (χ4n) is 1.17. The maximum Gasteiger partial charge on any atom is 0.238 e. The van der Waals surface area contributed by atoms with Crippen LogP contribution in [0.5, 0.6) is 0 Å². The zero-order valence-electron chi connectivity index (χ0n) is 9.40. The maximum absolute atomic E-state index is 11.0. The number of sulfonamides is 1. The molecular weight excluding hydrogens is 226 g/mol. The van der Waals surface area contributed by atoms with Crippen LogP contribution < -0.4 is 16.2 Å². The highest BCUT2D eigenvalue weighted by Crippen LogP contribution is 2.16. The number of anilines is 1. The van der Waals surface area contributed by atoms with E-state index in [-0.39, 0.29) is 10.4 Å². The van der Waals surface area contributed by atoms with Crippen molar-refractivity contribution in [1.29, 1.82) is 0 Å². The topological polar surface area (TPSA) is 98.2 Å². The van der Waals surface area contributed by atoms with Crippen molar-refractivity contribution >= 4 is 15.7 Å². The van der Waals surface area contributed by atoms with Crippen LogP contribution >= 0.6 is 0 Å². The molecule has 0 spiro atoms. The average molecular weight is 243 g/mol. The van der Waals surface area contributed by atoms with Gasteiger partial charge in [-0.1, -0.05) is 0 Å². The smallest absolute Gasteiger partial charge is 0.238 e. The minimum Gasteiger partial charge on any atom is -0.379 e. The number of hydrogen-bond donors (Lipinski definition) is 3. The summed E-state index contributed by atoms with van der Waals surface area (Å²) in [6.07, 6.45) is 0. The predicted molar refractivity (Wildman–Crippen MR) is 64.6 cm³/mol. The van der Waals surface area contributed by atoms with Crippen LogP contribution in [0.3, 0.4) is 0 Å². The van der Waals surface area contributed by atoms with Crippen LogP contribution in [0.15, 0.2) is 29.2 Å². The summed E-state index contributed by atoms with van der Waals surface area (Å²) >= 11 is 0. The molecule has 1 rings (SSSR count). The molecule has 0 atom stereocenters. The van der Waals surface area contributed by atoms with Crippen LogP contribution in [0, 0.1) is 0 Å². The van der Waals surface area contributed by atoms with Crippen LogP contribution in [0.25, 0.3) is 0 Å². The van der Waals surface area contributed by atoms with E-state index in [0.29, 0.717) is 6.54 Å². The monoisotopic (exact) mass is 243 g/mol. The first-order chi connectivity index (χ1) is 7.24.